The van der Waals surface area contributed by atoms with Crippen LogP contribution in [0.25, 0.3) is 0 Å². The van der Waals surface area contributed by atoms with Gasteiger partial charge in [-0.3, -0.25) is 0 Å². The largest absolute Gasteiger partial charge is 0.388 e. The van der Waals surface area contributed by atoms with E-state index in [-0.39, 0.29) is 6.10 Å². The van der Waals surface area contributed by atoms with E-state index in [0.717, 1.165) is 28.7 Å². The van der Waals surface area contributed by atoms with Crippen LogP contribution in [0.2, 0.25) is 4.34 Å². The van der Waals surface area contributed by atoms with E-state index in [0.29, 0.717) is 0 Å². The minimum Gasteiger partial charge on any atom is -0.388 e. The van der Waals surface area contributed by atoms with Crippen LogP contribution in [0, 0.1) is 0 Å². The van der Waals surface area contributed by atoms with Gasteiger partial charge in [0.25, 0.3) is 0 Å². The van der Waals surface area contributed by atoms with Crippen molar-refractivity contribution < 1.29 is 5.11 Å². The van der Waals surface area contributed by atoms with Crippen LogP contribution < -0.4 is 5.32 Å². The summed E-state index contributed by atoms with van der Waals surface area (Å²) < 4.78 is 0.734. The predicted molar refractivity (Wildman–Crippen MR) is 57.4 cm³/mol. The van der Waals surface area contributed by atoms with Gasteiger partial charge < -0.3 is 10.4 Å². The Bertz CT molecular complexity index is 252. The maximum Gasteiger partial charge on any atom is 0.0932 e. The van der Waals surface area contributed by atoms with E-state index in [1.165, 1.54) is 11.3 Å². The SMILES string of the molecule is CCNCCC(O)c1ccc(Cl)s1. The zero-order valence-electron chi connectivity index (χ0n) is 7.59. The summed E-state index contributed by atoms with van der Waals surface area (Å²) in [6.07, 6.45) is 0.363. The van der Waals surface area contributed by atoms with Crippen molar-refractivity contribution in [2.45, 2.75) is 19.4 Å². The van der Waals surface area contributed by atoms with Gasteiger partial charge in [0.1, 0.15) is 0 Å². The fourth-order valence-electron chi connectivity index (χ4n) is 1.07. The van der Waals surface area contributed by atoms with Crippen molar-refractivity contribution in [1.82, 2.24) is 5.32 Å². The van der Waals surface area contributed by atoms with Gasteiger partial charge in [0, 0.05) is 4.88 Å². The fraction of sp³-hybridized carbons (Fsp3) is 0.556. The summed E-state index contributed by atoms with van der Waals surface area (Å²) in [5.74, 6) is 0. The lowest BCUT2D eigenvalue weighted by Crippen LogP contribution is -2.16. The molecule has 13 heavy (non-hydrogen) atoms. The molecule has 0 radical (unpaired) electrons. The highest BCUT2D eigenvalue weighted by Crippen LogP contribution is 2.28. The minimum atomic E-state index is -0.378. The molecular weight excluding hydrogens is 206 g/mol. The number of rotatable bonds is 5. The molecule has 0 aliphatic heterocycles. The van der Waals surface area contributed by atoms with Gasteiger partial charge in [-0.25, -0.2) is 0 Å². The van der Waals surface area contributed by atoms with Crippen molar-refractivity contribution in [2.75, 3.05) is 13.1 Å². The molecule has 1 rings (SSSR count). The molecule has 1 unspecified atom stereocenters. The second-order valence-electron chi connectivity index (χ2n) is 2.80. The van der Waals surface area contributed by atoms with Crippen molar-refractivity contribution in [2.24, 2.45) is 0 Å². The van der Waals surface area contributed by atoms with E-state index in [9.17, 15) is 5.11 Å². The monoisotopic (exact) mass is 219 g/mol. The van der Waals surface area contributed by atoms with E-state index in [4.69, 9.17) is 11.6 Å². The molecule has 1 aromatic rings. The number of hydrogen-bond donors (Lipinski definition) is 2. The third-order valence-corrected chi connectivity index (χ3v) is 3.10. The molecule has 0 spiro atoms. The Kier molecular flexibility index (Phi) is 4.73. The van der Waals surface area contributed by atoms with Crippen LogP contribution in [0.15, 0.2) is 12.1 Å². The average Bonchev–Trinajstić information content (AvgIpc) is 2.52. The first-order valence-corrected chi connectivity index (χ1v) is 5.57. The van der Waals surface area contributed by atoms with Gasteiger partial charge >= 0.3 is 0 Å². The first kappa shape index (κ1) is 11.0. The Morgan fingerprint density at radius 1 is 1.62 bits per heavy atom. The van der Waals surface area contributed by atoms with Gasteiger partial charge in [-0.05, 0) is 31.6 Å². The Balaban J connectivity index is 2.35. The minimum absolute atomic E-state index is 0.378. The first-order valence-electron chi connectivity index (χ1n) is 4.38. The summed E-state index contributed by atoms with van der Waals surface area (Å²) in [5, 5.41) is 12.8. The third kappa shape index (κ3) is 3.65. The summed E-state index contributed by atoms with van der Waals surface area (Å²) in [4.78, 5) is 0.947. The number of nitrogens with one attached hydrogen (secondary N) is 1. The molecule has 0 bridgehead atoms. The molecule has 1 aromatic heterocycles. The first-order chi connectivity index (χ1) is 6.24. The van der Waals surface area contributed by atoms with Crippen molar-refractivity contribution in [3.05, 3.63) is 21.3 Å². The lowest BCUT2D eigenvalue weighted by atomic mass is 10.2. The van der Waals surface area contributed by atoms with Crippen LogP contribution in [0.1, 0.15) is 24.3 Å². The molecule has 4 heteroatoms. The molecular formula is C9H14ClNOS. The van der Waals surface area contributed by atoms with Crippen molar-refractivity contribution in [1.29, 1.82) is 0 Å². The fourth-order valence-corrected chi connectivity index (χ4v) is 2.15. The molecule has 0 aliphatic rings. The van der Waals surface area contributed by atoms with E-state index >= 15 is 0 Å². The van der Waals surface area contributed by atoms with Gasteiger partial charge in [0.05, 0.1) is 10.4 Å². The highest BCUT2D eigenvalue weighted by atomic mass is 35.5. The molecule has 0 amide bonds. The van der Waals surface area contributed by atoms with Crippen LogP contribution in [0.4, 0.5) is 0 Å². The Morgan fingerprint density at radius 3 is 2.92 bits per heavy atom. The van der Waals surface area contributed by atoms with Gasteiger partial charge in [-0.15, -0.1) is 11.3 Å². The normalized spacial score (nSPS) is 13.2. The second-order valence-corrected chi connectivity index (χ2v) is 4.55. The maximum absolute atomic E-state index is 9.67. The van der Waals surface area contributed by atoms with Gasteiger partial charge in [-0.2, -0.15) is 0 Å². The summed E-state index contributed by atoms with van der Waals surface area (Å²) in [6, 6.07) is 3.70. The smallest absolute Gasteiger partial charge is 0.0932 e. The van der Waals surface area contributed by atoms with E-state index in [2.05, 4.69) is 5.32 Å². The number of aliphatic hydroxyl groups is 1. The summed E-state index contributed by atoms with van der Waals surface area (Å²) in [7, 11) is 0. The maximum atomic E-state index is 9.67. The van der Waals surface area contributed by atoms with Crippen LogP contribution in [0.3, 0.4) is 0 Å². The zero-order chi connectivity index (χ0) is 9.68. The predicted octanol–water partition coefficient (Wildman–Crippen LogP) is 2.43. The summed E-state index contributed by atoms with van der Waals surface area (Å²) >= 11 is 7.20. The Morgan fingerprint density at radius 2 is 2.38 bits per heavy atom. The highest BCUT2D eigenvalue weighted by molar-refractivity contribution is 7.16. The molecule has 0 fully saturated rings. The van der Waals surface area contributed by atoms with Crippen LogP contribution in [0.5, 0.6) is 0 Å². The van der Waals surface area contributed by atoms with Gasteiger partial charge in [0.15, 0.2) is 0 Å². The molecule has 0 aliphatic carbocycles. The molecule has 2 N–H and O–H groups in total. The lowest BCUT2D eigenvalue weighted by molar-refractivity contribution is 0.171. The zero-order valence-corrected chi connectivity index (χ0v) is 9.16. The van der Waals surface area contributed by atoms with Crippen molar-refractivity contribution in [3.8, 4) is 0 Å². The van der Waals surface area contributed by atoms with Crippen LogP contribution in [-0.4, -0.2) is 18.2 Å². The number of hydrogen-bond acceptors (Lipinski definition) is 3. The van der Waals surface area contributed by atoms with E-state index in [1.807, 2.05) is 19.1 Å². The molecule has 1 heterocycles. The number of thiophene rings is 1. The van der Waals surface area contributed by atoms with Crippen LogP contribution >= 0.6 is 22.9 Å². The van der Waals surface area contributed by atoms with E-state index < -0.39 is 0 Å². The second kappa shape index (κ2) is 5.60. The Hall–Kier alpha value is -0.0900. The third-order valence-electron chi connectivity index (χ3n) is 1.77. The van der Waals surface area contributed by atoms with Crippen molar-refractivity contribution in [3.63, 3.8) is 0 Å². The molecule has 0 aromatic carbocycles. The Labute approximate surface area is 87.5 Å². The number of aliphatic hydroxyl groups excluding tert-OH is 1. The van der Waals surface area contributed by atoms with Gasteiger partial charge in [0.2, 0.25) is 0 Å². The molecule has 0 saturated carbocycles. The van der Waals surface area contributed by atoms with E-state index in [1.54, 1.807) is 0 Å². The van der Waals surface area contributed by atoms with Crippen LogP contribution in [-0.2, 0) is 0 Å². The topological polar surface area (TPSA) is 32.3 Å². The number of halogens is 1. The summed E-state index contributed by atoms with van der Waals surface area (Å²) in [6.45, 7) is 3.83. The quantitative estimate of drug-likeness (QED) is 0.746. The van der Waals surface area contributed by atoms with Crippen molar-refractivity contribution >= 4 is 22.9 Å². The lowest BCUT2D eigenvalue weighted by Gasteiger charge is -2.07. The standard InChI is InChI=1S/C9H14ClNOS/c1-2-11-6-5-7(12)8-3-4-9(10)13-8/h3-4,7,11-12H,2,5-6H2,1H3. The highest BCUT2D eigenvalue weighted by Gasteiger charge is 2.08. The van der Waals surface area contributed by atoms with Gasteiger partial charge in [-0.1, -0.05) is 18.5 Å². The molecule has 1 atom stereocenters. The molecule has 0 saturated heterocycles. The summed E-state index contributed by atoms with van der Waals surface area (Å²) in [5.41, 5.74) is 0. The molecule has 2 nitrogen and oxygen atoms in total. The molecule has 74 valence electrons. The average molecular weight is 220 g/mol.